The van der Waals surface area contributed by atoms with Crippen LogP contribution >= 0.6 is 0 Å². The van der Waals surface area contributed by atoms with Crippen LogP contribution in [0.15, 0.2) is 24.7 Å². The van der Waals surface area contributed by atoms with E-state index in [4.69, 9.17) is 9.47 Å². The standard InChI is InChI=1S/C20H22N6O4/c1-25-6-8-26(9-7-25)19(28)17(27)13-10-22-15-12(13)4-5-21-16(15)14-11-23-20(30-3)24-18(14)29-2/h4-5,10-11,22H,6-9H2,1-3H3. The molecule has 1 saturated heterocycles. The number of nitrogens with one attached hydrogen (secondary N) is 1. The number of amides is 1. The molecule has 0 aromatic carbocycles. The van der Waals surface area contributed by atoms with Gasteiger partial charge in [-0.1, -0.05) is 0 Å². The number of piperazine rings is 1. The number of aromatic nitrogens is 4. The highest BCUT2D eigenvalue weighted by atomic mass is 16.5. The molecule has 10 nitrogen and oxygen atoms in total. The van der Waals surface area contributed by atoms with Crippen LogP contribution in [0.5, 0.6) is 11.9 Å². The molecule has 1 fully saturated rings. The van der Waals surface area contributed by atoms with E-state index in [1.54, 1.807) is 29.6 Å². The van der Waals surface area contributed by atoms with Crippen LogP contribution in [0.25, 0.3) is 22.2 Å². The van der Waals surface area contributed by atoms with E-state index >= 15 is 0 Å². The number of H-pyrrole nitrogens is 1. The maximum absolute atomic E-state index is 12.9. The van der Waals surface area contributed by atoms with Crippen molar-refractivity contribution in [2.75, 3.05) is 47.4 Å². The van der Waals surface area contributed by atoms with Gasteiger partial charge in [-0.05, 0) is 13.1 Å². The van der Waals surface area contributed by atoms with Crippen molar-refractivity contribution in [1.82, 2.24) is 29.7 Å². The lowest BCUT2D eigenvalue weighted by atomic mass is 10.1. The first-order valence-electron chi connectivity index (χ1n) is 9.47. The van der Waals surface area contributed by atoms with Crippen molar-refractivity contribution in [3.05, 3.63) is 30.2 Å². The summed E-state index contributed by atoms with van der Waals surface area (Å²) in [5, 5.41) is 0.602. The molecule has 1 aliphatic heterocycles. The van der Waals surface area contributed by atoms with Gasteiger partial charge in [0.05, 0.1) is 30.9 Å². The lowest BCUT2D eigenvalue weighted by Gasteiger charge is -2.31. The van der Waals surface area contributed by atoms with Crippen LogP contribution in [0.3, 0.4) is 0 Å². The zero-order valence-corrected chi connectivity index (χ0v) is 17.0. The smallest absolute Gasteiger partial charge is 0.319 e. The molecule has 10 heteroatoms. The van der Waals surface area contributed by atoms with E-state index in [9.17, 15) is 9.59 Å². The van der Waals surface area contributed by atoms with Gasteiger partial charge in [0.2, 0.25) is 5.88 Å². The second-order valence-electron chi connectivity index (χ2n) is 6.99. The molecule has 1 aliphatic rings. The molecule has 1 amide bonds. The lowest BCUT2D eigenvalue weighted by molar-refractivity contribution is -0.127. The molecular weight excluding hydrogens is 388 g/mol. The Hall–Kier alpha value is -3.53. The highest BCUT2D eigenvalue weighted by molar-refractivity contribution is 6.45. The summed E-state index contributed by atoms with van der Waals surface area (Å²) in [6, 6.07) is 1.87. The Morgan fingerprint density at radius 2 is 1.87 bits per heavy atom. The van der Waals surface area contributed by atoms with Gasteiger partial charge in [0, 0.05) is 50.2 Å². The third kappa shape index (κ3) is 3.45. The largest absolute Gasteiger partial charge is 0.480 e. The minimum absolute atomic E-state index is 0.169. The molecule has 4 heterocycles. The first-order chi connectivity index (χ1) is 14.5. The monoisotopic (exact) mass is 410 g/mol. The van der Waals surface area contributed by atoms with Gasteiger partial charge in [0.25, 0.3) is 11.7 Å². The molecular formula is C20H22N6O4. The molecule has 4 rings (SSSR count). The van der Waals surface area contributed by atoms with E-state index in [1.807, 2.05) is 7.05 Å². The van der Waals surface area contributed by atoms with Gasteiger partial charge in [-0.25, -0.2) is 4.98 Å². The fourth-order valence-corrected chi connectivity index (χ4v) is 3.48. The van der Waals surface area contributed by atoms with Gasteiger partial charge < -0.3 is 24.3 Å². The molecule has 156 valence electrons. The molecule has 0 radical (unpaired) electrons. The minimum Gasteiger partial charge on any atom is -0.480 e. The Kier molecular flexibility index (Phi) is 5.32. The summed E-state index contributed by atoms with van der Waals surface area (Å²) in [5.41, 5.74) is 1.96. The fourth-order valence-electron chi connectivity index (χ4n) is 3.48. The second kappa shape index (κ2) is 8.07. The SMILES string of the molecule is COc1ncc(-c2nccc3c(C(=O)C(=O)N4CCN(C)CC4)c[nH]c23)c(OC)n1. The molecule has 0 atom stereocenters. The van der Waals surface area contributed by atoms with Gasteiger partial charge >= 0.3 is 6.01 Å². The summed E-state index contributed by atoms with van der Waals surface area (Å²) in [4.78, 5) is 45.2. The average molecular weight is 410 g/mol. The summed E-state index contributed by atoms with van der Waals surface area (Å²) in [5.74, 6) is -0.744. The van der Waals surface area contributed by atoms with Gasteiger partial charge in [-0.2, -0.15) is 4.98 Å². The number of carbonyl (C=O) groups is 2. The predicted octanol–water partition coefficient (Wildman–Crippen LogP) is 0.994. The molecule has 0 spiro atoms. The topological polar surface area (TPSA) is 114 Å². The number of nitrogens with zero attached hydrogens (tertiary/aromatic N) is 5. The van der Waals surface area contributed by atoms with Gasteiger partial charge in [0.1, 0.15) is 5.69 Å². The summed E-state index contributed by atoms with van der Waals surface area (Å²) >= 11 is 0. The van der Waals surface area contributed by atoms with Gasteiger partial charge in [-0.3, -0.25) is 14.6 Å². The van der Waals surface area contributed by atoms with E-state index in [-0.39, 0.29) is 11.9 Å². The van der Waals surface area contributed by atoms with Gasteiger partial charge in [0.15, 0.2) is 0 Å². The Bertz CT molecular complexity index is 1100. The number of ether oxygens (including phenoxy) is 2. The van der Waals surface area contributed by atoms with Crippen LogP contribution in [-0.2, 0) is 4.79 Å². The molecule has 1 N–H and O–H groups in total. The number of fused-ring (bicyclic) bond motifs is 1. The van der Waals surface area contributed by atoms with Crippen LogP contribution in [0.1, 0.15) is 10.4 Å². The highest BCUT2D eigenvalue weighted by Crippen LogP contribution is 2.33. The molecule has 0 unspecified atom stereocenters. The molecule has 30 heavy (non-hydrogen) atoms. The summed E-state index contributed by atoms with van der Waals surface area (Å²) in [7, 11) is 4.95. The van der Waals surface area contributed by atoms with E-state index in [0.717, 1.165) is 13.1 Å². The van der Waals surface area contributed by atoms with Crippen molar-refractivity contribution < 1.29 is 19.1 Å². The van der Waals surface area contributed by atoms with Crippen molar-refractivity contribution in [1.29, 1.82) is 0 Å². The second-order valence-corrected chi connectivity index (χ2v) is 6.99. The van der Waals surface area contributed by atoms with E-state index in [0.29, 0.717) is 40.8 Å². The third-order valence-corrected chi connectivity index (χ3v) is 5.19. The van der Waals surface area contributed by atoms with Crippen LogP contribution in [-0.4, -0.2) is 88.9 Å². The van der Waals surface area contributed by atoms with Crippen LogP contribution in [0.2, 0.25) is 0 Å². The quantitative estimate of drug-likeness (QED) is 0.489. The van der Waals surface area contributed by atoms with E-state index in [1.165, 1.54) is 14.2 Å². The number of pyridine rings is 1. The number of aromatic amines is 1. The maximum atomic E-state index is 12.9. The zero-order chi connectivity index (χ0) is 21.3. The highest BCUT2D eigenvalue weighted by Gasteiger charge is 2.28. The first kappa shape index (κ1) is 19.8. The Morgan fingerprint density at radius 1 is 1.10 bits per heavy atom. The molecule has 3 aromatic heterocycles. The number of likely N-dealkylation sites (N-methyl/N-ethyl adjacent to an activating group) is 1. The van der Waals surface area contributed by atoms with Crippen molar-refractivity contribution in [3.63, 3.8) is 0 Å². The minimum atomic E-state index is -0.541. The number of rotatable bonds is 5. The Balaban J connectivity index is 1.71. The van der Waals surface area contributed by atoms with Crippen LogP contribution in [0.4, 0.5) is 0 Å². The summed E-state index contributed by atoms with van der Waals surface area (Å²) < 4.78 is 10.4. The van der Waals surface area contributed by atoms with Gasteiger partial charge in [-0.15, -0.1) is 0 Å². The first-order valence-corrected chi connectivity index (χ1v) is 9.47. The number of hydrogen-bond donors (Lipinski definition) is 1. The summed E-state index contributed by atoms with van der Waals surface area (Å²) in [6.45, 7) is 2.57. The zero-order valence-electron chi connectivity index (χ0n) is 17.0. The van der Waals surface area contributed by atoms with Crippen molar-refractivity contribution >= 4 is 22.6 Å². The molecule has 0 aliphatic carbocycles. The predicted molar refractivity (Wildman–Crippen MR) is 109 cm³/mol. The summed E-state index contributed by atoms with van der Waals surface area (Å²) in [6.07, 6.45) is 4.67. The van der Waals surface area contributed by atoms with Crippen molar-refractivity contribution in [2.45, 2.75) is 0 Å². The third-order valence-electron chi connectivity index (χ3n) is 5.19. The normalized spacial score (nSPS) is 14.7. The fraction of sp³-hybridized carbons (Fsp3) is 0.350. The average Bonchev–Trinajstić information content (AvgIpc) is 3.22. The van der Waals surface area contributed by atoms with E-state index < -0.39 is 11.7 Å². The number of methoxy groups -OCH3 is 2. The number of Topliss-reactive ketones (excluding diaryl/α,β-unsaturated/α-hetero) is 1. The number of ketones is 1. The van der Waals surface area contributed by atoms with E-state index in [2.05, 4.69) is 24.8 Å². The van der Waals surface area contributed by atoms with Crippen LogP contribution < -0.4 is 9.47 Å². The Morgan fingerprint density at radius 3 is 2.57 bits per heavy atom. The Labute approximate surface area is 172 Å². The molecule has 0 bridgehead atoms. The lowest BCUT2D eigenvalue weighted by Crippen LogP contribution is -2.49. The maximum Gasteiger partial charge on any atom is 0.319 e. The molecule has 3 aromatic rings. The van der Waals surface area contributed by atoms with Crippen molar-refractivity contribution in [3.8, 4) is 23.1 Å². The molecule has 0 saturated carbocycles. The van der Waals surface area contributed by atoms with Crippen LogP contribution in [0, 0.1) is 0 Å². The number of hydrogen-bond acceptors (Lipinski definition) is 8. The number of carbonyl (C=O) groups excluding carboxylic acids is 2. The van der Waals surface area contributed by atoms with Crippen molar-refractivity contribution in [2.24, 2.45) is 0 Å².